The minimum atomic E-state index is -0.141. The van der Waals surface area contributed by atoms with E-state index in [-0.39, 0.29) is 10.8 Å². The average molecular weight is 734 g/mol. The maximum absolute atomic E-state index is 7.18. The molecule has 2 aliphatic rings. The van der Waals surface area contributed by atoms with Crippen LogP contribution in [0.3, 0.4) is 0 Å². The lowest BCUT2D eigenvalue weighted by atomic mass is 9.81. The van der Waals surface area contributed by atoms with Crippen molar-refractivity contribution in [3.8, 4) is 33.4 Å². The van der Waals surface area contributed by atoms with Crippen LogP contribution < -0.4 is 4.90 Å². The van der Waals surface area contributed by atoms with Gasteiger partial charge in [-0.05, 0) is 110 Å². The monoisotopic (exact) mass is 733 g/mol. The molecule has 57 heavy (non-hydrogen) atoms. The van der Waals surface area contributed by atoms with Crippen LogP contribution in [0.4, 0.5) is 17.1 Å². The van der Waals surface area contributed by atoms with Crippen LogP contribution in [0.5, 0.6) is 0 Å². The summed E-state index contributed by atoms with van der Waals surface area (Å²) in [4.78, 5) is 2.38. The van der Waals surface area contributed by atoms with Crippen molar-refractivity contribution in [1.29, 1.82) is 0 Å². The van der Waals surface area contributed by atoms with Gasteiger partial charge in [0.15, 0.2) is 5.58 Å². The number of hydrogen-bond donors (Lipinski definition) is 0. The lowest BCUT2D eigenvalue weighted by Crippen LogP contribution is -2.16. The van der Waals surface area contributed by atoms with Crippen molar-refractivity contribution in [2.24, 2.45) is 0 Å². The van der Waals surface area contributed by atoms with Crippen molar-refractivity contribution in [2.45, 2.75) is 38.5 Å². The molecule has 2 aliphatic carbocycles. The maximum atomic E-state index is 7.18. The van der Waals surface area contributed by atoms with Gasteiger partial charge in [-0.15, -0.1) is 0 Å². The molecule has 12 rings (SSSR count). The minimum absolute atomic E-state index is 0.126. The van der Waals surface area contributed by atoms with Gasteiger partial charge in [0.25, 0.3) is 0 Å². The summed E-state index contributed by atoms with van der Waals surface area (Å²) in [6.07, 6.45) is 0. The minimum Gasteiger partial charge on any atom is -0.456 e. The highest BCUT2D eigenvalue weighted by Crippen LogP contribution is 2.54. The molecule has 0 atom stereocenters. The molecule has 272 valence electrons. The molecule has 2 heterocycles. The highest BCUT2D eigenvalue weighted by atomic mass is 16.3. The van der Waals surface area contributed by atoms with E-state index in [4.69, 9.17) is 8.83 Å². The number of furan rings is 2. The van der Waals surface area contributed by atoms with Gasteiger partial charge >= 0.3 is 0 Å². The van der Waals surface area contributed by atoms with Gasteiger partial charge < -0.3 is 13.7 Å². The van der Waals surface area contributed by atoms with Gasteiger partial charge in [-0.25, -0.2) is 0 Å². The van der Waals surface area contributed by atoms with Crippen molar-refractivity contribution >= 4 is 60.9 Å². The molecule has 0 bridgehead atoms. The second-order valence-electron chi connectivity index (χ2n) is 16.9. The summed E-state index contributed by atoms with van der Waals surface area (Å²) in [6.45, 7) is 9.39. The molecule has 0 radical (unpaired) electrons. The molecular weight excluding hydrogens is 695 g/mol. The summed E-state index contributed by atoms with van der Waals surface area (Å²) in [7, 11) is 0. The number of anilines is 3. The lowest BCUT2D eigenvalue weighted by Gasteiger charge is -2.28. The zero-order valence-electron chi connectivity index (χ0n) is 32.4. The maximum Gasteiger partial charge on any atom is 0.160 e. The number of fused-ring (bicyclic) bond motifs is 13. The highest BCUT2D eigenvalue weighted by molar-refractivity contribution is 6.29. The van der Waals surface area contributed by atoms with Gasteiger partial charge in [0, 0.05) is 43.7 Å². The van der Waals surface area contributed by atoms with E-state index in [0.717, 1.165) is 66.5 Å². The third-order valence-electron chi connectivity index (χ3n) is 13.1. The van der Waals surface area contributed by atoms with Gasteiger partial charge in [0.2, 0.25) is 0 Å². The first-order chi connectivity index (χ1) is 27.8. The zero-order valence-corrected chi connectivity index (χ0v) is 32.4. The summed E-state index contributed by atoms with van der Waals surface area (Å²) < 4.78 is 13.7. The molecular formula is C54H39NO2. The number of benzene rings is 8. The predicted octanol–water partition coefficient (Wildman–Crippen LogP) is 15.2. The van der Waals surface area contributed by atoms with E-state index in [9.17, 15) is 0 Å². The van der Waals surface area contributed by atoms with E-state index < -0.39 is 0 Å². The SMILES string of the molecule is CC1(C)c2ccccc2-c2ccc(-c3ccc(N(c4ccccc4)c4ccc5c(c4)C(C)(C)c4ccccc4-5)c4oc5ccc6oc7ccccc7c6c5c34)cc21. The average Bonchev–Trinajstić information content (AvgIpc) is 3.94. The molecule has 3 heteroatoms. The van der Waals surface area contributed by atoms with E-state index in [1.807, 2.05) is 6.07 Å². The van der Waals surface area contributed by atoms with E-state index in [0.29, 0.717) is 0 Å². The molecule has 0 aliphatic heterocycles. The molecule has 3 nitrogen and oxygen atoms in total. The van der Waals surface area contributed by atoms with E-state index in [2.05, 4.69) is 190 Å². The first-order valence-electron chi connectivity index (χ1n) is 19.9. The van der Waals surface area contributed by atoms with Gasteiger partial charge in [0.05, 0.1) is 5.69 Å². The Morgan fingerprint density at radius 2 is 0.965 bits per heavy atom. The van der Waals surface area contributed by atoms with Crippen LogP contribution >= 0.6 is 0 Å². The number of rotatable bonds is 4. The largest absolute Gasteiger partial charge is 0.456 e. The molecule has 0 spiro atoms. The second-order valence-corrected chi connectivity index (χ2v) is 16.9. The summed E-state index contributed by atoms with van der Waals surface area (Å²) in [5, 5.41) is 4.33. The normalized spacial score (nSPS) is 14.6. The van der Waals surface area contributed by atoms with Crippen LogP contribution in [0.2, 0.25) is 0 Å². The predicted molar refractivity (Wildman–Crippen MR) is 236 cm³/mol. The van der Waals surface area contributed by atoms with Crippen molar-refractivity contribution < 1.29 is 8.83 Å². The molecule has 0 amide bonds. The first-order valence-corrected chi connectivity index (χ1v) is 19.9. The molecule has 0 unspecified atom stereocenters. The number of nitrogens with zero attached hydrogens (tertiary/aromatic N) is 1. The van der Waals surface area contributed by atoms with Crippen LogP contribution in [0.25, 0.3) is 77.3 Å². The Morgan fingerprint density at radius 3 is 1.70 bits per heavy atom. The molecule has 2 aromatic heterocycles. The van der Waals surface area contributed by atoms with E-state index in [1.165, 1.54) is 50.1 Å². The molecule has 0 N–H and O–H groups in total. The quantitative estimate of drug-likeness (QED) is 0.180. The molecule has 0 saturated heterocycles. The van der Waals surface area contributed by atoms with Gasteiger partial charge in [-0.2, -0.15) is 0 Å². The fourth-order valence-electron chi connectivity index (χ4n) is 10.3. The van der Waals surface area contributed by atoms with Crippen LogP contribution in [0, 0.1) is 0 Å². The Labute approximate surface area is 331 Å². The van der Waals surface area contributed by atoms with Gasteiger partial charge in [-0.3, -0.25) is 0 Å². The molecule has 8 aromatic carbocycles. The third-order valence-corrected chi connectivity index (χ3v) is 13.1. The fourth-order valence-corrected chi connectivity index (χ4v) is 10.3. The fraction of sp³-hybridized carbons (Fsp3) is 0.111. The first kappa shape index (κ1) is 32.4. The lowest BCUT2D eigenvalue weighted by molar-refractivity contribution is 0.660. The Bertz CT molecular complexity index is 3300. The van der Waals surface area contributed by atoms with E-state index in [1.54, 1.807) is 0 Å². The van der Waals surface area contributed by atoms with Crippen LogP contribution in [0.15, 0.2) is 173 Å². The molecule has 0 fully saturated rings. The van der Waals surface area contributed by atoms with E-state index >= 15 is 0 Å². The standard InChI is InChI=1S/C54H39NO2/c1-53(2)41-19-11-8-16-36(41)38-24-22-32(30-43(38)53)35-26-27-45(52-50(35)51-48(57-52)29-28-47-49(51)40-18-10-13-21-46(40)56-47)55(33-14-6-5-7-15-33)34-23-25-39-37-17-9-12-20-42(37)54(3,4)44(39)31-34/h5-31H,1-4H3. The second kappa shape index (κ2) is 11.4. The van der Waals surface area contributed by atoms with Crippen molar-refractivity contribution in [1.82, 2.24) is 0 Å². The summed E-state index contributed by atoms with van der Waals surface area (Å²) in [5.41, 5.74) is 19.2. The Balaban J connectivity index is 1.16. The van der Waals surface area contributed by atoms with Crippen LogP contribution in [-0.2, 0) is 10.8 Å². The Morgan fingerprint density at radius 1 is 0.386 bits per heavy atom. The summed E-state index contributed by atoms with van der Waals surface area (Å²) in [5.74, 6) is 0. The van der Waals surface area contributed by atoms with Gasteiger partial charge in [0.1, 0.15) is 16.7 Å². The Hall–Kier alpha value is -6.84. The topological polar surface area (TPSA) is 29.5 Å². The van der Waals surface area contributed by atoms with Crippen LogP contribution in [-0.4, -0.2) is 0 Å². The van der Waals surface area contributed by atoms with Crippen molar-refractivity contribution in [2.75, 3.05) is 4.90 Å². The van der Waals surface area contributed by atoms with Crippen LogP contribution in [0.1, 0.15) is 49.9 Å². The summed E-state index contributed by atoms with van der Waals surface area (Å²) >= 11 is 0. The number of hydrogen-bond acceptors (Lipinski definition) is 3. The highest BCUT2D eigenvalue weighted by Gasteiger charge is 2.37. The summed E-state index contributed by atoms with van der Waals surface area (Å²) in [6, 6.07) is 59.5. The van der Waals surface area contributed by atoms with Crippen molar-refractivity contribution in [3.63, 3.8) is 0 Å². The van der Waals surface area contributed by atoms with Gasteiger partial charge in [-0.1, -0.05) is 137 Å². The zero-order chi connectivity index (χ0) is 38.2. The molecule has 10 aromatic rings. The van der Waals surface area contributed by atoms with Crippen molar-refractivity contribution in [3.05, 3.63) is 186 Å². The Kier molecular flexibility index (Phi) is 6.46. The smallest absolute Gasteiger partial charge is 0.160 e. The molecule has 0 saturated carbocycles. The third kappa shape index (κ3) is 4.37. The number of para-hydroxylation sites is 2.